The predicted octanol–water partition coefficient (Wildman–Crippen LogP) is 4.41. The molecule has 2 unspecified atom stereocenters. The summed E-state index contributed by atoms with van der Waals surface area (Å²) in [6.45, 7) is 7.15. The third-order valence-electron chi connectivity index (χ3n) is 7.64. The van der Waals surface area contributed by atoms with Gasteiger partial charge >= 0.3 is 0 Å². The Kier molecular flexibility index (Phi) is 7.70. The molecular weight excluding hydrogens is 512 g/mol. The monoisotopic (exact) mass is 546 g/mol. The Morgan fingerprint density at radius 2 is 1.95 bits per heavy atom. The molecule has 3 heterocycles. The molecule has 2 aliphatic rings. The summed E-state index contributed by atoms with van der Waals surface area (Å²) < 4.78 is 5.29. The maximum Gasteiger partial charge on any atom is 0.255 e. The number of methoxy groups -OCH3 is 1. The Morgan fingerprint density at radius 1 is 1.18 bits per heavy atom. The molecule has 204 valence electrons. The van der Waals surface area contributed by atoms with Crippen LogP contribution in [-0.2, 0) is 22.7 Å². The lowest BCUT2D eigenvalue weighted by Gasteiger charge is -2.35. The molecule has 1 N–H and O–H groups in total. The van der Waals surface area contributed by atoms with Crippen LogP contribution in [0.2, 0.25) is 0 Å². The van der Waals surface area contributed by atoms with Gasteiger partial charge in [-0.15, -0.1) is 11.3 Å². The number of carbonyl (C=O) groups is 3. The number of rotatable bonds is 8. The second-order valence-electron chi connectivity index (χ2n) is 10.5. The number of thiazole rings is 1. The Balaban J connectivity index is 1.25. The quantitative estimate of drug-likeness (QED) is 0.452. The van der Waals surface area contributed by atoms with E-state index in [1.165, 1.54) is 0 Å². The number of nitrogens with zero attached hydrogens (tertiary/aromatic N) is 3. The van der Waals surface area contributed by atoms with Gasteiger partial charge in [-0.3, -0.25) is 14.4 Å². The molecule has 1 aromatic heterocycles. The van der Waals surface area contributed by atoms with E-state index >= 15 is 0 Å². The maximum atomic E-state index is 13.9. The van der Waals surface area contributed by atoms with Crippen molar-refractivity contribution in [1.29, 1.82) is 0 Å². The number of ether oxygens (including phenoxy) is 1. The van der Waals surface area contributed by atoms with E-state index in [-0.39, 0.29) is 23.6 Å². The summed E-state index contributed by atoms with van der Waals surface area (Å²) in [5.41, 5.74) is 6.39. The van der Waals surface area contributed by atoms with Crippen molar-refractivity contribution in [3.8, 4) is 16.2 Å². The molecule has 1 fully saturated rings. The van der Waals surface area contributed by atoms with Crippen LogP contribution in [0.3, 0.4) is 0 Å². The van der Waals surface area contributed by atoms with Crippen molar-refractivity contribution in [3.05, 3.63) is 70.4 Å². The number of nitrogens with one attached hydrogen (secondary N) is 1. The third-order valence-corrected chi connectivity index (χ3v) is 8.61. The Bertz CT molecular complexity index is 1380. The fraction of sp³-hybridized carbons (Fsp3) is 0.400. The molecule has 2 atom stereocenters. The summed E-state index contributed by atoms with van der Waals surface area (Å²) in [6, 6.07) is 12.4. The lowest BCUT2D eigenvalue weighted by atomic mass is 10.0. The summed E-state index contributed by atoms with van der Waals surface area (Å²) in [4.78, 5) is 49.3. The van der Waals surface area contributed by atoms with Crippen LogP contribution in [0.15, 0.2) is 48.0 Å². The third kappa shape index (κ3) is 5.28. The van der Waals surface area contributed by atoms with Crippen molar-refractivity contribution in [3.63, 3.8) is 0 Å². The molecule has 0 bridgehead atoms. The minimum absolute atomic E-state index is 0.109. The Labute approximate surface area is 233 Å². The van der Waals surface area contributed by atoms with Gasteiger partial charge in [0, 0.05) is 25.2 Å². The Hall–Kier alpha value is -3.72. The van der Waals surface area contributed by atoms with Crippen LogP contribution in [0.4, 0.5) is 0 Å². The lowest BCUT2D eigenvalue weighted by Crippen LogP contribution is -2.55. The molecule has 2 aliphatic heterocycles. The van der Waals surface area contributed by atoms with Crippen LogP contribution in [0.25, 0.3) is 10.4 Å². The number of amides is 3. The maximum absolute atomic E-state index is 13.9. The van der Waals surface area contributed by atoms with E-state index < -0.39 is 12.1 Å². The number of hydrogen-bond acceptors (Lipinski definition) is 6. The highest BCUT2D eigenvalue weighted by molar-refractivity contribution is 7.13. The molecule has 0 radical (unpaired) electrons. The van der Waals surface area contributed by atoms with E-state index in [2.05, 4.69) is 10.3 Å². The first-order chi connectivity index (χ1) is 18.8. The molecule has 8 nitrogen and oxygen atoms in total. The van der Waals surface area contributed by atoms with Crippen LogP contribution in [0.1, 0.15) is 53.9 Å². The molecular formula is C30H34N4O4S. The van der Waals surface area contributed by atoms with E-state index in [0.29, 0.717) is 37.4 Å². The van der Waals surface area contributed by atoms with Gasteiger partial charge in [-0.2, -0.15) is 0 Å². The van der Waals surface area contributed by atoms with E-state index in [9.17, 15) is 14.4 Å². The van der Waals surface area contributed by atoms with Crippen molar-refractivity contribution < 1.29 is 19.1 Å². The minimum atomic E-state index is -0.646. The van der Waals surface area contributed by atoms with Gasteiger partial charge in [-0.25, -0.2) is 4.98 Å². The standard InChI is InChI=1S/C30H34N4O4S/c1-18(2)26(34-16-22-11-12-23(38-4)14-24(22)29(34)36)30(37)33-13-5-6-25(33)28(35)31-15-20-7-9-21(10-8-20)27-19(3)32-17-39-27/h7-12,14,17-18,25-26H,5-6,13,15-16H2,1-4H3,(H,31,35). The number of aromatic nitrogens is 1. The fourth-order valence-electron chi connectivity index (χ4n) is 5.57. The highest BCUT2D eigenvalue weighted by atomic mass is 32.1. The van der Waals surface area contributed by atoms with E-state index in [1.54, 1.807) is 34.3 Å². The average molecular weight is 547 g/mol. The van der Waals surface area contributed by atoms with E-state index in [0.717, 1.165) is 33.7 Å². The zero-order valence-electron chi connectivity index (χ0n) is 22.8. The lowest BCUT2D eigenvalue weighted by molar-refractivity contribution is -0.143. The number of hydrogen-bond donors (Lipinski definition) is 1. The van der Waals surface area contributed by atoms with Crippen LogP contribution in [0, 0.1) is 12.8 Å². The van der Waals surface area contributed by atoms with E-state index in [1.807, 2.05) is 62.7 Å². The highest BCUT2D eigenvalue weighted by Gasteiger charge is 2.43. The number of carbonyl (C=O) groups excluding carboxylic acids is 3. The smallest absolute Gasteiger partial charge is 0.255 e. The normalized spacial score (nSPS) is 17.5. The van der Waals surface area contributed by atoms with Gasteiger partial charge in [0.25, 0.3) is 5.91 Å². The Morgan fingerprint density at radius 3 is 2.62 bits per heavy atom. The first-order valence-electron chi connectivity index (χ1n) is 13.3. The zero-order chi connectivity index (χ0) is 27.7. The average Bonchev–Trinajstić information content (AvgIpc) is 3.67. The molecule has 9 heteroatoms. The van der Waals surface area contributed by atoms with Gasteiger partial charge in [0.1, 0.15) is 17.8 Å². The van der Waals surface area contributed by atoms with Crippen molar-refractivity contribution in [2.24, 2.45) is 5.92 Å². The molecule has 2 aromatic carbocycles. The highest BCUT2D eigenvalue weighted by Crippen LogP contribution is 2.32. The van der Waals surface area contributed by atoms with Gasteiger partial charge in [0.2, 0.25) is 11.8 Å². The van der Waals surface area contributed by atoms with Gasteiger partial charge in [0.05, 0.1) is 23.2 Å². The summed E-state index contributed by atoms with van der Waals surface area (Å²) >= 11 is 1.61. The van der Waals surface area contributed by atoms with Crippen LogP contribution >= 0.6 is 11.3 Å². The number of aryl methyl sites for hydroxylation is 1. The molecule has 39 heavy (non-hydrogen) atoms. The first-order valence-corrected chi connectivity index (χ1v) is 14.2. The second-order valence-corrected chi connectivity index (χ2v) is 11.4. The van der Waals surface area contributed by atoms with Gasteiger partial charge in [0.15, 0.2) is 0 Å². The SMILES string of the molecule is COc1ccc2c(c1)C(=O)N(C(C(=O)N1CCCC1C(=O)NCc1ccc(-c3scnc3C)cc1)C(C)C)C2. The molecule has 5 rings (SSSR count). The first kappa shape index (κ1) is 26.9. The molecule has 1 saturated heterocycles. The van der Waals surface area contributed by atoms with Crippen LogP contribution < -0.4 is 10.1 Å². The molecule has 0 aliphatic carbocycles. The largest absolute Gasteiger partial charge is 0.497 e. The van der Waals surface area contributed by atoms with Crippen molar-refractivity contribution in [2.75, 3.05) is 13.7 Å². The van der Waals surface area contributed by atoms with Crippen molar-refractivity contribution in [2.45, 2.75) is 58.8 Å². The molecule has 3 aromatic rings. The summed E-state index contributed by atoms with van der Waals surface area (Å²) in [5.74, 6) is 0.00303. The summed E-state index contributed by atoms with van der Waals surface area (Å²) in [7, 11) is 1.57. The second kappa shape index (κ2) is 11.2. The molecule has 3 amide bonds. The zero-order valence-corrected chi connectivity index (χ0v) is 23.6. The van der Waals surface area contributed by atoms with Crippen molar-refractivity contribution in [1.82, 2.24) is 20.1 Å². The topological polar surface area (TPSA) is 91.8 Å². The number of benzene rings is 2. The summed E-state index contributed by atoms with van der Waals surface area (Å²) in [5, 5.41) is 3.03. The number of fused-ring (bicyclic) bond motifs is 1. The van der Waals surface area contributed by atoms with Crippen molar-refractivity contribution >= 4 is 29.1 Å². The van der Waals surface area contributed by atoms with Gasteiger partial charge < -0.3 is 19.9 Å². The van der Waals surface area contributed by atoms with Gasteiger partial charge in [-0.1, -0.05) is 44.2 Å². The number of likely N-dealkylation sites (tertiary alicyclic amines) is 1. The fourth-order valence-corrected chi connectivity index (χ4v) is 6.38. The van der Waals surface area contributed by atoms with Crippen LogP contribution in [0.5, 0.6) is 5.75 Å². The minimum Gasteiger partial charge on any atom is -0.497 e. The predicted molar refractivity (Wildman–Crippen MR) is 150 cm³/mol. The molecule has 0 spiro atoms. The summed E-state index contributed by atoms with van der Waals surface area (Å²) in [6.07, 6.45) is 1.36. The van der Waals surface area contributed by atoms with Gasteiger partial charge in [-0.05, 0) is 54.5 Å². The van der Waals surface area contributed by atoms with E-state index in [4.69, 9.17) is 4.74 Å². The van der Waals surface area contributed by atoms with Crippen LogP contribution in [-0.4, -0.2) is 58.2 Å². The molecule has 0 saturated carbocycles.